The first-order valence-electron chi connectivity index (χ1n) is 6.73. The van der Waals surface area contributed by atoms with Gasteiger partial charge in [0.15, 0.2) is 9.84 Å². The molecule has 1 aliphatic rings. The number of rotatable bonds is 6. The second kappa shape index (κ2) is 6.13. The van der Waals surface area contributed by atoms with Gasteiger partial charge in [-0.1, -0.05) is 18.2 Å². The quantitative estimate of drug-likeness (QED) is 0.822. The first kappa shape index (κ1) is 15.9. The van der Waals surface area contributed by atoms with E-state index in [1.165, 1.54) is 0 Å². The molecule has 21 heavy (non-hydrogen) atoms. The molecule has 1 atom stereocenters. The van der Waals surface area contributed by atoms with E-state index in [4.69, 9.17) is 5.11 Å². The Morgan fingerprint density at radius 2 is 1.95 bits per heavy atom. The molecule has 0 amide bonds. The fourth-order valence-corrected chi connectivity index (χ4v) is 4.41. The van der Waals surface area contributed by atoms with Crippen molar-refractivity contribution in [3.8, 4) is 0 Å². The predicted octanol–water partition coefficient (Wildman–Crippen LogP) is 0.463. The van der Waals surface area contributed by atoms with Gasteiger partial charge in [0.05, 0.1) is 23.2 Å². The topological polar surface area (TPSA) is 77.9 Å². The molecule has 2 rings (SSSR count). The fraction of sp³-hybridized carbons (Fsp3) is 0.500. The summed E-state index contributed by atoms with van der Waals surface area (Å²) in [5.74, 6) is -0.997. The van der Waals surface area contributed by atoms with Gasteiger partial charge in [0, 0.05) is 13.1 Å². The second-order valence-electron chi connectivity index (χ2n) is 5.50. The first-order valence-corrected chi connectivity index (χ1v) is 8.39. The number of carbonyl (C=O) groups is 1. The largest absolute Gasteiger partial charge is 0.480 e. The highest BCUT2D eigenvalue weighted by Gasteiger charge is 2.38. The Labute approximate surface area is 124 Å². The molecule has 0 radical (unpaired) electrons. The maximum absolute atomic E-state index is 12.2. The third-order valence-electron chi connectivity index (χ3n) is 3.60. The van der Waals surface area contributed by atoms with Crippen LogP contribution in [0.25, 0.3) is 0 Å². The van der Waals surface area contributed by atoms with E-state index in [9.17, 15) is 13.2 Å². The van der Waals surface area contributed by atoms with Crippen molar-refractivity contribution < 1.29 is 18.3 Å². The molecule has 0 spiro atoms. The maximum atomic E-state index is 12.2. The predicted molar refractivity (Wildman–Crippen MR) is 79.0 cm³/mol. The number of fused-ring (bicyclic) bond motifs is 1. The molecule has 6 nitrogen and oxygen atoms in total. The van der Waals surface area contributed by atoms with E-state index in [-0.39, 0.29) is 18.3 Å². The highest BCUT2D eigenvalue weighted by atomic mass is 32.2. The molecule has 1 aromatic carbocycles. The van der Waals surface area contributed by atoms with Crippen LogP contribution in [0.3, 0.4) is 0 Å². The lowest BCUT2D eigenvalue weighted by atomic mass is 10.1. The van der Waals surface area contributed by atoms with Crippen molar-refractivity contribution in [2.45, 2.75) is 10.9 Å². The second-order valence-corrected chi connectivity index (χ2v) is 7.51. The Morgan fingerprint density at radius 1 is 1.29 bits per heavy atom. The Hall–Kier alpha value is -1.44. The van der Waals surface area contributed by atoms with E-state index in [1.807, 2.05) is 19.0 Å². The van der Waals surface area contributed by atoms with E-state index >= 15 is 0 Å². The molecule has 1 aromatic rings. The Morgan fingerprint density at radius 3 is 2.57 bits per heavy atom. The number of hydrogen-bond donors (Lipinski definition) is 1. The number of nitrogens with zero attached hydrogens (tertiary/aromatic N) is 2. The minimum atomic E-state index is -3.32. The summed E-state index contributed by atoms with van der Waals surface area (Å²) in [5, 5.41) is 9.08. The monoisotopic (exact) mass is 312 g/mol. The molecule has 1 unspecified atom stereocenters. The van der Waals surface area contributed by atoms with Crippen molar-refractivity contribution in [1.29, 1.82) is 0 Å². The van der Waals surface area contributed by atoms with Gasteiger partial charge in [-0.25, -0.2) is 8.42 Å². The van der Waals surface area contributed by atoms with Gasteiger partial charge < -0.3 is 10.0 Å². The van der Waals surface area contributed by atoms with Gasteiger partial charge in [-0.3, -0.25) is 9.69 Å². The zero-order chi connectivity index (χ0) is 15.6. The van der Waals surface area contributed by atoms with Crippen LogP contribution in [-0.2, 0) is 14.6 Å². The lowest BCUT2D eigenvalue weighted by Crippen LogP contribution is -2.39. The van der Waals surface area contributed by atoms with Gasteiger partial charge in [-0.2, -0.15) is 0 Å². The molecule has 1 N–H and O–H groups in total. The van der Waals surface area contributed by atoms with Crippen molar-refractivity contribution in [3.63, 3.8) is 0 Å². The third kappa shape index (κ3) is 3.61. The van der Waals surface area contributed by atoms with Gasteiger partial charge in [0.25, 0.3) is 0 Å². The summed E-state index contributed by atoms with van der Waals surface area (Å²) in [6.45, 7) is 1.02. The van der Waals surface area contributed by atoms with Crippen LogP contribution in [0.1, 0.15) is 11.6 Å². The van der Waals surface area contributed by atoms with Crippen molar-refractivity contribution in [3.05, 3.63) is 29.8 Å². The smallest absolute Gasteiger partial charge is 0.317 e. The van der Waals surface area contributed by atoms with E-state index in [0.29, 0.717) is 23.5 Å². The highest BCUT2D eigenvalue weighted by molar-refractivity contribution is 7.91. The lowest BCUT2D eigenvalue weighted by Gasteiger charge is -2.28. The van der Waals surface area contributed by atoms with Crippen LogP contribution < -0.4 is 0 Å². The van der Waals surface area contributed by atoms with Crippen molar-refractivity contribution >= 4 is 15.8 Å². The molecule has 0 aliphatic carbocycles. The average Bonchev–Trinajstić information content (AvgIpc) is 2.67. The third-order valence-corrected chi connectivity index (χ3v) is 5.40. The summed E-state index contributed by atoms with van der Waals surface area (Å²) in [7, 11) is 0.480. The van der Waals surface area contributed by atoms with Gasteiger partial charge >= 0.3 is 5.97 Å². The van der Waals surface area contributed by atoms with Gasteiger partial charge in [0.2, 0.25) is 0 Å². The zero-order valence-corrected chi connectivity index (χ0v) is 13.0. The normalized spacial score (nSPS) is 19.9. The van der Waals surface area contributed by atoms with Crippen LogP contribution in [0.4, 0.5) is 0 Å². The number of sulfone groups is 1. The van der Waals surface area contributed by atoms with E-state index in [2.05, 4.69) is 0 Å². The van der Waals surface area contributed by atoms with Crippen LogP contribution in [0, 0.1) is 0 Å². The van der Waals surface area contributed by atoms with Crippen LogP contribution in [0.15, 0.2) is 29.2 Å². The SMILES string of the molecule is CN(C)CCN(CC(=O)O)C1CS(=O)(=O)c2ccccc21. The zero-order valence-electron chi connectivity index (χ0n) is 12.2. The van der Waals surface area contributed by atoms with Gasteiger partial charge in [-0.05, 0) is 25.7 Å². The minimum Gasteiger partial charge on any atom is -0.480 e. The highest BCUT2D eigenvalue weighted by Crippen LogP contribution is 2.36. The standard InChI is InChI=1S/C14H20N2O4S/c1-15(2)7-8-16(9-14(17)18)12-10-21(19,20)13-6-4-3-5-11(12)13/h3-6,12H,7-10H2,1-2H3,(H,17,18). The molecule has 7 heteroatoms. The summed E-state index contributed by atoms with van der Waals surface area (Å²) in [5.41, 5.74) is 0.706. The summed E-state index contributed by atoms with van der Waals surface area (Å²) >= 11 is 0. The van der Waals surface area contributed by atoms with E-state index in [0.717, 1.165) is 0 Å². The summed E-state index contributed by atoms with van der Waals surface area (Å²) < 4.78 is 24.4. The number of carboxylic acid groups (broad SMARTS) is 1. The molecule has 0 fully saturated rings. The van der Waals surface area contributed by atoms with Gasteiger partial charge in [0.1, 0.15) is 0 Å². The molecule has 0 saturated heterocycles. The van der Waals surface area contributed by atoms with Crippen molar-refractivity contribution in [2.75, 3.05) is 39.5 Å². The first-order chi connectivity index (χ1) is 9.81. The molecule has 0 saturated carbocycles. The number of benzene rings is 1. The van der Waals surface area contributed by atoms with E-state index in [1.54, 1.807) is 29.2 Å². The molecular formula is C14H20N2O4S. The summed E-state index contributed by atoms with van der Waals surface area (Å²) in [6.07, 6.45) is 0. The Balaban J connectivity index is 2.31. The Bertz CT molecular complexity index is 628. The van der Waals surface area contributed by atoms with Gasteiger partial charge in [-0.15, -0.1) is 0 Å². The number of aliphatic carboxylic acids is 1. The molecule has 1 aliphatic heterocycles. The van der Waals surface area contributed by atoms with Crippen LogP contribution in [0.5, 0.6) is 0 Å². The maximum Gasteiger partial charge on any atom is 0.317 e. The Kier molecular flexibility index (Phi) is 4.65. The summed E-state index contributed by atoms with van der Waals surface area (Å²) in [4.78, 5) is 15.1. The molecule has 0 bridgehead atoms. The molecular weight excluding hydrogens is 292 g/mol. The number of carboxylic acids is 1. The average molecular weight is 312 g/mol. The number of hydrogen-bond acceptors (Lipinski definition) is 5. The summed E-state index contributed by atoms with van der Waals surface area (Å²) in [6, 6.07) is 6.46. The van der Waals surface area contributed by atoms with Crippen molar-refractivity contribution in [2.24, 2.45) is 0 Å². The van der Waals surface area contributed by atoms with Crippen LogP contribution in [0.2, 0.25) is 0 Å². The molecule has 0 aromatic heterocycles. The lowest BCUT2D eigenvalue weighted by molar-refractivity contribution is -0.138. The molecule has 116 valence electrons. The van der Waals surface area contributed by atoms with Crippen LogP contribution in [-0.4, -0.2) is 68.8 Å². The van der Waals surface area contributed by atoms with E-state index < -0.39 is 15.8 Å². The number of likely N-dealkylation sites (N-methyl/N-ethyl adjacent to an activating group) is 1. The molecule has 1 heterocycles. The van der Waals surface area contributed by atoms with Crippen LogP contribution >= 0.6 is 0 Å². The van der Waals surface area contributed by atoms with Crippen molar-refractivity contribution in [1.82, 2.24) is 9.80 Å². The fourth-order valence-electron chi connectivity index (χ4n) is 2.58. The minimum absolute atomic E-state index is 0.0486.